The summed E-state index contributed by atoms with van der Waals surface area (Å²) in [4.78, 5) is 29.7. The van der Waals surface area contributed by atoms with Crippen LogP contribution in [0, 0.1) is 20.8 Å². The van der Waals surface area contributed by atoms with Gasteiger partial charge in [0.15, 0.2) is 5.65 Å². The maximum absolute atomic E-state index is 13.1. The molecule has 0 saturated carbocycles. The summed E-state index contributed by atoms with van der Waals surface area (Å²) >= 11 is 0. The molecule has 7 nitrogen and oxygen atoms in total. The van der Waals surface area contributed by atoms with E-state index < -0.39 is 5.97 Å². The number of hydrogen-bond donors (Lipinski definition) is 0. The summed E-state index contributed by atoms with van der Waals surface area (Å²) in [5, 5.41) is 4.84. The average Bonchev–Trinajstić information content (AvgIpc) is 2.97. The van der Waals surface area contributed by atoms with Crippen LogP contribution in [0.15, 0.2) is 41.5 Å². The fourth-order valence-corrected chi connectivity index (χ4v) is 3.51. The van der Waals surface area contributed by atoms with E-state index in [9.17, 15) is 9.59 Å². The van der Waals surface area contributed by atoms with E-state index in [1.807, 2.05) is 32.0 Å². The molecule has 0 unspecified atom stereocenters. The molecular weight excluding hydrogens is 356 g/mol. The number of rotatable bonds is 3. The quantitative estimate of drug-likeness (QED) is 0.513. The first kappa shape index (κ1) is 17.9. The molecule has 0 aliphatic rings. The lowest BCUT2D eigenvalue weighted by Crippen LogP contribution is -2.19. The third-order valence-corrected chi connectivity index (χ3v) is 4.65. The van der Waals surface area contributed by atoms with E-state index in [1.54, 1.807) is 24.6 Å². The minimum absolute atomic E-state index is 0.192. The van der Waals surface area contributed by atoms with Crippen molar-refractivity contribution >= 4 is 22.5 Å². The van der Waals surface area contributed by atoms with E-state index >= 15 is 0 Å². The van der Waals surface area contributed by atoms with Crippen LogP contribution in [0.25, 0.3) is 22.2 Å². The van der Waals surface area contributed by atoms with Gasteiger partial charge in [0.05, 0.1) is 23.2 Å². The second-order valence-corrected chi connectivity index (χ2v) is 6.81. The maximum atomic E-state index is 13.1. The van der Waals surface area contributed by atoms with E-state index in [4.69, 9.17) is 4.74 Å². The van der Waals surface area contributed by atoms with Gasteiger partial charge in [-0.3, -0.25) is 9.36 Å². The Hall–Kier alpha value is -3.48. The van der Waals surface area contributed by atoms with Crippen molar-refractivity contribution in [1.29, 1.82) is 0 Å². The Morgan fingerprint density at radius 3 is 2.54 bits per heavy atom. The van der Waals surface area contributed by atoms with Crippen molar-refractivity contribution in [2.24, 2.45) is 0 Å². The minimum Gasteiger partial charge on any atom is -0.462 e. The lowest BCUT2D eigenvalue weighted by molar-refractivity contribution is 0.0527. The van der Waals surface area contributed by atoms with E-state index in [-0.39, 0.29) is 12.2 Å². The van der Waals surface area contributed by atoms with Crippen LogP contribution in [0.5, 0.6) is 0 Å². The number of hydrogen-bond acceptors (Lipinski definition) is 5. The number of nitrogens with zero attached hydrogens (tertiary/aromatic N) is 4. The first-order valence-electron chi connectivity index (χ1n) is 9.06. The number of carbonyl (C=O) groups excluding carboxylic acids is 1. The fraction of sp³-hybridized carbons (Fsp3) is 0.238. The molecule has 3 heterocycles. The number of ether oxygens (including phenoxy) is 1. The molecule has 1 aromatic carbocycles. The number of aryl methyl sites for hydroxylation is 3. The zero-order chi connectivity index (χ0) is 20.0. The third kappa shape index (κ3) is 2.76. The largest absolute Gasteiger partial charge is 0.462 e. The molecule has 7 heteroatoms. The van der Waals surface area contributed by atoms with E-state index in [1.165, 1.54) is 10.7 Å². The van der Waals surface area contributed by atoms with Crippen molar-refractivity contribution in [3.8, 4) is 5.69 Å². The van der Waals surface area contributed by atoms with Gasteiger partial charge in [-0.25, -0.2) is 14.3 Å². The number of pyridine rings is 1. The number of carbonyl (C=O) groups is 1. The monoisotopic (exact) mass is 376 g/mol. The Morgan fingerprint density at radius 2 is 1.86 bits per heavy atom. The maximum Gasteiger partial charge on any atom is 0.343 e. The Kier molecular flexibility index (Phi) is 4.22. The molecule has 0 spiro atoms. The fourth-order valence-electron chi connectivity index (χ4n) is 3.51. The molecule has 0 saturated heterocycles. The van der Waals surface area contributed by atoms with Gasteiger partial charge in [0, 0.05) is 18.1 Å². The standard InChI is InChI=1S/C21H20N4O3/c1-5-28-21(27)18-14(4)23-25-17-6-7-24(15-9-12(2)8-13(3)10-15)20(26)16(17)11-22-19(18)25/h6-11H,5H2,1-4H3. The molecule has 0 N–H and O–H groups in total. The molecule has 0 radical (unpaired) electrons. The van der Waals surface area contributed by atoms with Gasteiger partial charge >= 0.3 is 5.97 Å². The Balaban J connectivity index is 1.97. The highest BCUT2D eigenvalue weighted by molar-refractivity contribution is 5.98. The molecule has 28 heavy (non-hydrogen) atoms. The molecule has 3 aromatic heterocycles. The molecule has 4 aromatic rings. The summed E-state index contributed by atoms with van der Waals surface area (Å²) in [5.74, 6) is -0.467. The smallest absolute Gasteiger partial charge is 0.343 e. The molecule has 142 valence electrons. The topological polar surface area (TPSA) is 78.5 Å². The minimum atomic E-state index is -0.467. The van der Waals surface area contributed by atoms with Crippen LogP contribution in [0.1, 0.15) is 34.1 Å². The highest BCUT2D eigenvalue weighted by Gasteiger charge is 2.21. The van der Waals surface area contributed by atoms with Crippen LogP contribution in [0.4, 0.5) is 0 Å². The Labute approximate surface area is 161 Å². The predicted octanol–water partition coefficient (Wildman–Crippen LogP) is 3.14. The second-order valence-electron chi connectivity index (χ2n) is 6.81. The summed E-state index contributed by atoms with van der Waals surface area (Å²) in [6, 6.07) is 7.79. The normalized spacial score (nSPS) is 11.3. The summed E-state index contributed by atoms with van der Waals surface area (Å²) in [7, 11) is 0. The van der Waals surface area contributed by atoms with Crippen molar-refractivity contribution in [3.05, 3.63) is 69.4 Å². The first-order valence-corrected chi connectivity index (χ1v) is 9.06. The van der Waals surface area contributed by atoms with Crippen LogP contribution < -0.4 is 5.56 Å². The Morgan fingerprint density at radius 1 is 1.14 bits per heavy atom. The van der Waals surface area contributed by atoms with E-state index in [0.29, 0.717) is 27.8 Å². The van der Waals surface area contributed by atoms with Gasteiger partial charge in [0.1, 0.15) is 5.56 Å². The van der Waals surface area contributed by atoms with Gasteiger partial charge in [-0.1, -0.05) is 6.07 Å². The lowest BCUT2D eigenvalue weighted by atomic mass is 10.1. The predicted molar refractivity (Wildman–Crippen MR) is 106 cm³/mol. The summed E-state index contributed by atoms with van der Waals surface area (Å²) < 4.78 is 8.24. The molecule has 0 amide bonds. The zero-order valence-corrected chi connectivity index (χ0v) is 16.2. The van der Waals surface area contributed by atoms with Crippen molar-refractivity contribution in [2.45, 2.75) is 27.7 Å². The van der Waals surface area contributed by atoms with Gasteiger partial charge in [0.25, 0.3) is 5.56 Å². The SMILES string of the molecule is CCOC(=O)c1c(C)nn2c1ncc1c(=O)n(-c3cc(C)cc(C)c3)ccc12. The van der Waals surface area contributed by atoms with E-state index in [0.717, 1.165) is 16.8 Å². The number of esters is 1. The second kappa shape index (κ2) is 6.60. The molecular formula is C21H20N4O3. The summed E-state index contributed by atoms with van der Waals surface area (Å²) in [6.45, 7) is 7.73. The summed E-state index contributed by atoms with van der Waals surface area (Å²) in [5.41, 5.74) is 4.58. The highest BCUT2D eigenvalue weighted by Crippen LogP contribution is 2.20. The Bertz CT molecular complexity index is 1280. The number of aromatic nitrogens is 4. The van der Waals surface area contributed by atoms with Gasteiger partial charge in [-0.2, -0.15) is 5.10 Å². The van der Waals surface area contributed by atoms with Crippen LogP contribution in [0.2, 0.25) is 0 Å². The van der Waals surface area contributed by atoms with Crippen molar-refractivity contribution in [2.75, 3.05) is 6.61 Å². The van der Waals surface area contributed by atoms with E-state index in [2.05, 4.69) is 16.1 Å². The number of fused-ring (bicyclic) bond motifs is 3. The van der Waals surface area contributed by atoms with Crippen LogP contribution in [0.3, 0.4) is 0 Å². The molecule has 0 bridgehead atoms. The molecule has 4 rings (SSSR count). The molecule has 0 aliphatic heterocycles. The zero-order valence-electron chi connectivity index (χ0n) is 16.2. The third-order valence-electron chi connectivity index (χ3n) is 4.65. The molecule has 0 atom stereocenters. The van der Waals surface area contributed by atoms with Crippen molar-refractivity contribution < 1.29 is 9.53 Å². The molecule has 0 fully saturated rings. The van der Waals surface area contributed by atoms with Gasteiger partial charge < -0.3 is 4.74 Å². The molecule has 0 aliphatic carbocycles. The first-order chi connectivity index (χ1) is 13.4. The summed E-state index contributed by atoms with van der Waals surface area (Å²) in [6.07, 6.45) is 3.22. The number of benzene rings is 1. The van der Waals surface area contributed by atoms with Crippen LogP contribution in [-0.2, 0) is 4.74 Å². The van der Waals surface area contributed by atoms with Gasteiger partial charge in [-0.15, -0.1) is 0 Å². The van der Waals surface area contributed by atoms with Gasteiger partial charge in [-0.05, 0) is 57.0 Å². The van der Waals surface area contributed by atoms with Crippen molar-refractivity contribution in [1.82, 2.24) is 19.2 Å². The van der Waals surface area contributed by atoms with Crippen LogP contribution in [-0.4, -0.2) is 31.7 Å². The highest BCUT2D eigenvalue weighted by atomic mass is 16.5. The average molecular weight is 376 g/mol. The lowest BCUT2D eigenvalue weighted by Gasteiger charge is -2.10. The van der Waals surface area contributed by atoms with Crippen molar-refractivity contribution in [3.63, 3.8) is 0 Å². The van der Waals surface area contributed by atoms with Gasteiger partial charge in [0.2, 0.25) is 0 Å². The van der Waals surface area contributed by atoms with Crippen LogP contribution >= 0.6 is 0 Å².